The van der Waals surface area contributed by atoms with E-state index in [-0.39, 0.29) is 6.23 Å². The summed E-state index contributed by atoms with van der Waals surface area (Å²) in [5.41, 5.74) is 0.461. The molecule has 0 rings (SSSR count). The van der Waals surface area contributed by atoms with Crippen molar-refractivity contribution in [3.05, 3.63) is 0 Å². The molecule has 0 aromatic heterocycles. The molecule has 56 valence electrons. The zero-order valence-corrected chi connectivity index (χ0v) is 9.01. The van der Waals surface area contributed by atoms with Crippen LogP contribution in [0.25, 0.3) is 0 Å². The number of ether oxygens (including phenoxy) is 1. The monoisotopic (exact) mass is 147 g/mol. The average Bonchev–Trinajstić information content (AvgIpc) is 1.63. The lowest BCUT2D eigenvalue weighted by molar-refractivity contribution is -0.0331. The predicted octanol–water partition coefficient (Wildman–Crippen LogP) is -0.378. The van der Waals surface area contributed by atoms with Crippen molar-refractivity contribution < 1.29 is 4.74 Å². The summed E-state index contributed by atoms with van der Waals surface area (Å²) in [5.74, 6) is 0. The molecule has 0 saturated heterocycles. The third kappa shape index (κ3) is 4.63. The molecular formula is C6H17NOSi. The molecule has 0 amide bonds. The van der Waals surface area contributed by atoms with E-state index in [1.165, 1.54) is 0 Å². The number of hydrogen-bond acceptors (Lipinski definition) is 2. The van der Waals surface area contributed by atoms with Gasteiger partial charge in [0.25, 0.3) is 0 Å². The molecule has 0 radical (unpaired) electrons. The standard InChI is InChI=1S/C6H17NOSi/c1-5(7(3)4)8-6(2)9/h5-6H,1-4,9H3. The first-order valence-electron chi connectivity index (χ1n) is 3.36. The fraction of sp³-hybridized carbons (Fsp3) is 1.00. The Hall–Kier alpha value is 0.137. The fourth-order valence-corrected chi connectivity index (χ4v) is 0.909. The van der Waals surface area contributed by atoms with Crippen molar-refractivity contribution in [1.29, 1.82) is 0 Å². The molecule has 2 atom stereocenters. The van der Waals surface area contributed by atoms with Crippen molar-refractivity contribution in [1.82, 2.24) is 4.90 Å². The van der Waals surface area contributed by atoms with Crippen LogP contribution in [-0.4, -0.2) is 41.2 Å². The van der Waals surface area contributed by atoms with E-state index in [0.29, 0.717) is 5.73 Å². The lowest BCUT2D eigenvalue weighted by Gasteiger charge is -2.22. The van der Waals surface area contributed by atoms with E-state index in [1.54, 1.807) is 0 Å². The first-order valence-corrected chi connectivity index (χ1v) is 4.51. The molecular weight excluding hydrogens is 130 g/mol. The number of rotatable bonds is 3. The smallest absolute Gasteiger partial charge is 0.107 e. The maximum Gasteiger partial charge on any atom is 0.107 e. The Morgan fingerprint density at radius 2 is 1.78 bits per heavy atom. The van der Waals surface area contributed by atoms with Gasteiger partial charge in [0.15, 0.2) is 0 Å². The van der Waals surface area contributed by atoms with Gasteiger partial charge in [0.2, 0.25) is 0 Å². The highest BCUT2D eigenvalue weighted by molar-refractivity contribution is 6.10. The number of nitrogens with zero attached hydrogens (tertiary/aromatic N) is 1. The summed E-state index contributed by atoms with van der Waals surface area (Å²) < 4.78 is 5.50. The first-order chi connectivity index (χ1) is 4.04. The van der Waals surface area contributed by atoms with Crippen molar-refractivity contribution in [2.75, 3.05) is 14.1 Å². The molecule has 2 nitrogen and oxygen atoms in total. The third-order valence-corrected chi connectivity index (χ3v) is 1.47. The van der Waals surface area contributed by atoms with Crippen molar-refractivity contribution in [3.63, 3.8) is 0 Å². The minimum Gasteiger partial charge on any atom is -0.365 e. The van der Waals surface area contributed by atoms with Gasteiger partial charge in [-0.05, 0) is 27.9 Å². The van der Waals surface area contributed by atoms with Gasteiger partial charge in [-0.25, -0.2) is 0 Å². The van der Waals surface area contributed by atoms with Gasteiger partial charge < -0.3 is 4.74 Å². The molecule has 0 aliphatic carbocycles. The van der Waals surface area contributed by atoms with Gasteiger partial charge in [-0.1, -0.05) is 0 Å². The summed E-state index contributed by atoms with van der Waals surface area (Å²) in [6.07, 6.45) is 0.262. The molecule has 0 fully saturated rings. The van der Waals surface area contributed by atoms with Crippen molar-refractivity contribution in [2.45, 2.75) is 25.8 Å². The third-order valence-electron chi connectivity index (χ3n) is 1.20. The topological polar surface area (TPSA) is 12.5 Å². The molecule has 0 N–H and O–H groups in total. The molecule has 0 bridgehead atoms. The van der Waals surface area contributed by atoms with Crippen LogP contribution < -0.4 is 0 Å². The molecule has 0 aromatic rings. The van der Waals surface area contributed by atoms with Crippen LogP contribution in [-0.2, 0) is 4.74 Å². The van der Waals surface area contributed by atoms with Crippen LogP contribution in [0.5, 0.6) is 0 Å². The van der Waals surface area contributed by atoms with Crippen molar-refractivity contribution in [2.24, 2.45) is 0 Å². The summed E-state index contributed by atoms with van der Waals surface area (Å²) in [6, 6.07) is 0. The second-order valence-electron chi connectivity index (χ2n) is 2.75. The van der Waals surface area contributed by atoms with Crippen molar-refractivity contribution in [3.8, 4) is 0 Å². The van der Waals surface area contributed by atoms with Gasteiger partial charge in [0, 0.05) is 16.0 Å². The van der Waals surface area contributed by atoms with E-state index >= 15 is 0 Å². The highest BCUT2D eigenvalue weighted by Crippen LogP contribution is 1.96. The Balaban J connectivity index is 3.38. The van der Waals surface area contributed by atoms with Crippen LogP contribution in [0.4, 0.5) is 0 Å². The average molecular weight is 147 g/mol. The van der Waals surface area contributed by atoms with Gasteiger partial charge in [-0.2, -0.15) is 0 Å². The van der Waals surface area contributed by atoms with Crippen LogP contribution in [0, 0.1) is 0 Å². The summed E-state index contributed by atoms with van der Waals surface area (Å²) in [4.78, 5) is 2.06. The molecule has 0 spiro atoms. The second kappa shape index (κ2) is 4.03. The minimum absolute atomic E-state index is 0.262. The van der Waals surface area contributed by atoms with Gasteiger partial charge in [0.05, 0.1) is 0 Å². The largest absolute Gasteiger partial charge is 0.365 e. The molecule has 0 saturated carbocycles. The molecule has 0 heterocycles. The Labute approximate surface area is 60.6 Å². The van der Waals surface area contributed by atoms with Gasteiger partial charge in [0.1, 0.15) is 6.23 Å². The van der Waals surface area contributed by atoms with Crippen LogP contribution >= 0.6 is 0 Å². The summed E-state index contributed by atoms with van der Waals surface area (Å²) in [7, 11) is 5.16. The van der Waals surface area contributed by atoms with E-state index < -0.39 is 0 Å². The van der Waals surface area contributed by atoms with Crippen LogP contribution in [0.3, 0.4) is 0 Å². The molecule has 9 heavy (non-hydrogen) atoms. The Morgan fingerprint density at radius 3 is 1.89 bits per heavy atom. The molecule has 0 aliphatic heterocycles. The predicted molar refractivity (Wildman–Crippen MR) is 43.6 cm³/mol. The van der Waals surface area contributed by atoms with E-state index in [9.17, 15) is 0 Å². The maximum atomic E-state index is 5.50. The molecule has 2 unspecified atom stereocenters. The second-order valence-corrected chi connectivity index (χ2v) is 4.37. The SMILES string of the molecule is CC([SiH3])OC(C)N(C)C. The summed E-state index contributed by atoms with van der Waals surface area (Å²) >= 11 is 0. The van der Waals surface area contributed by atoms with E-state index in [0.717, 1.165) is 10.2 Å². The summed E-state index contributed by atoms with van der Waals surface area (Å²) in [6.45, 7) is 4.17. The zero-order chi connectivity index (χ0) is 7.44. The zero-order valence-electron chi connectivity index (χ0n) is 7.01. The summed E-state index contributed by atoms with van der Waals surface area (Å²) in [5, 5.41) is 0. The van der Waals surface area contributed by atoms with Crippen LogP contribution in [0.2, 0.25) is 0 Å². The lowest BCUT2D eigenvalue weighted by atomic mass is 10.6. The lowest BCUT2D eigenvalue weighted by Crippen LogP contribution is -2.30. The Bertz CT molecular complexity index is 75.5. The van der Waals surface area contributed by atoms with Crippen LogP contribution in [0.15, 0.2) is 0 Å². The quantitative estimate of drug-likeness (QED) is 0.399. The van der Waals surface area contributed by atoms with Crippen molar-refractivity contribution >= 4 is 10.2 Å². The number of hydrogen-bond donors (Lipinski definition) is 0. The molecule has 3 heteroatoms. The maximum absolute atomic E-state index is 5.50. The highest BCUT2D eigenvalue weighted by atomic mass is 28.1. The van der Waals surface area contributed by atoms with Gasteiger partial charge in [-0.3, -0.25) is 4.90 Å². The molecule has 0 aliphatic rings. The first kappa shape index (κ1) is 9.14. The van der Waals surface area contributed by atoms with Crippen LogP contribution in [0.1, 0.15) is 13.8 Å². The van der Waals surface area contributed by atoms with E-state index in [4.69, 9.17) is 4.74 Å². The highest BCUT2D eigenvalue weighted by Gasteiger charge is 2.04. The molecule has 0 aromatic carbocycles. The Morgan fingerprint density at radius 1 is 1.33 bits per heavy atom. The van der Waals surface area contributed by atoms with Gasteiger partial charge >= 0.3 is 0 Å². The van der Waals surface area contributed by atoms with Gasteiger partial charge in [-0.15, -0.1) is 0 Å². The van der Waals surface area contributed by atoms with E-state index in [1.807, 2.05) is 14.1 Å². The normalized spacial score (nSPS) is 18.3. The minimum atomic E-state index is 0.262. The van der Waals surface area contributed by atoms with E-state index in [2.05, 4.69) is 18.7 Å². The fourth-order valence-electron chi connectivity index (χ4n) is 0.516. The Kier molecular flexibility index (Phi) is 4.09.